The maximum Gasteiger partial charge on any atom is 0.176 e. The number of rotatable bonds is 7. The summed E-state index contributed by atoms with van der Waals surface area (Å²) in [6.07, 6.45) is 3.54. The van der Waals surface area contributed by atoms with Crippen LogP contribution in [0.4, 0.5) is 5.69 Å². The zero-order chi connectivity index (χ0) is 23.5. The molecule has 0 unspecified atom stereocenters. The van der Waals surface area contributed by atoms with Crippen LogP contribution in [0.2, 0.25) is 0 Å². The van der Waals surface area contributed by atoms with Crippen molar-refractivity contribution in [3.8, 4) is 28.6 Å². The van der Waals surface area contributed by atoms with Crippen molar-refractivity contribution in [1.29, 1.82) is 0 Å². The van der Waals surface area contributed by atoms with Crippen molar-refractivity contribution in [2.24, 2.45) is 0 Å². The molecule has 5 rings (SSSR count). The minimum absolute atomic E-state index is 0.751. The van der Waals surface area contributed by atoms with Crippen molar-refractivity contribution in [3.63, 3.8) is 0 Å². The molecule has 0 saturated carbocycles. The van der Waals surface area contributed by atoms with Gasteiger partial charge in [0.2, 0.25) is 0 Å². The molecule has 0 radical (unpaired) electrons. The number of furan rings is 1. The lowest BCUT2D eigenvalue weighted by Gasteiger charge is -2.36. The van der Waals surface area contributed by atoms with Crippen LogP contribution >= 0.6 is 0 Å². The predicted octanol–water partition coefficient (Wildman–Crippen LogP) is 4.84. The highest BCUT2D eigenvalue weighted by atomic mass is 16.5. The molecule has 1 aliphatic heterocycles. The van der Waals surface area contributed by atoms with Gasteiger partial charge in [-0.15, -0.1) is 0 Å². The zero-order valence-electron chi connectivity index (χ0n) is 19.8. The van der Waals surface area contributed by atoms with Gasteiger partial charge in [0.05, 0.1) is 21.3 Å². The van der Waals surface area contributed by atoms with Crippen molar-refractivity contribution in [2.45, 2.75) is 6.54 Å². The Morgan fingerprint density at radius 1 is 0.794 bits per heavy atom. The van der Waals surface area contributed by atoms with E-state index in [1.807, 2.05) is 24.3 Å². The monoisotopic (exact) mass is 459 g/mol. The van der Waals surface area contributed by atoms with Gasteiger partial charge in [-0.3, -0.25) is 9.88 Å². The SMILES string of the molecule is COc1ccc(N2CCN(Cc3cc(OC)c4oc(-c5ccncc5)cc4c3)CC2)cc1OC. The Bertz CT molecular complexity index is 1260. The second kappa shape index (κ2) is 9.65. The van der Waals surface area contributed by atoms with E-state index in [0.29, 0.717) is 0 Å². The summed E-state index contributed by atoms with van der Waals surface area (Å²) < 4.78 is 22.6. The van der Waals surface area contributed by atoms with Crippen LogP contribution in [0, 0.1) is 0 Å². The molecule has 0 aliphatic carbocycles. The number of hydrogen-bond donors (Lipinski definition) is 0. The molecule has 0 amide bonds. The van der Waals surface area contributed by atoms with Crippen LogP contribution in [-0.2, 0) is 6.54 Å². The normalized spacial score (nSPS) is 14.4. The molecule has 7 heteroatoms. The number of nitrogens with zero attached hydrogens (tertiary/aromatic N) is 3. The maximum absolute atomic E-state index is 6.13. The third-order valence-corrected chi connectivity index (χ3v) is 6.34. The van der Waals surface area contributed by atoms with Crippen molar-refractivity contribution in [2.75, 3.05) is 52.4 Å². The molecule has 1 aliphatic rings. The molecule has 1 fully saturated rings. The van der Waals surface area contributed by atoms with Crippen LogP contribution in [-0.4, -0.2) is 57.4 Å². The molecule has 7 nitrogen and oxygen atoms in total. The molecule has 0 bridgehead atoms. The highest BCUT2D eigenvalue weighted by Gasteiger charge is 2.20. The van der Waals surface area contributed by atoms with E-state index in [1.165, 1.54) is 5.56 Å². The van der Waals surface area contributed by atoms with Gasteiger partial charge in [-0.05, 0) is 48.0 Å². The molecule has 176 valence electrons. The van der Waals surface area contributed by atoms with E-state index < -0.39 is 0 Å². The molecule has 2 aromatic heterocycles. The number of fused-ring (bicyclic) bond motifs is 1. The van der Waals surface area contributed by atoms with Crippen LogP contribution in [0.5, 0.6) is 17.2 Å². The fourth-order valence-corrected chi connectivity index (χ4v) is 4.53. The molecular formula is C27H29N3O4. The Morgan fingerprint density at radius 3 is 2.24 bits per heavy atom. The van der Waals surface area contributed by atoms with Crippen LogP contribution in [0.3, 0.4) is 0 Å². The topological polar surface area (TPSA) is 60.2 Å². The van der Waals surface area contributed by atoms with Crippen LogP contribution in [0.15, 0.2) is 65.3 Å². The summed E-state index contributed by atoms with van der Waals surface area (Å²) in [4.78, 5) is 8.95. The lowest BCUT2D eigenvalue weighted by molar-refractivity contribution is 0.249. The summed E-state index contributed by atoms with van der Waals surface area (Å²) >= 11 is 0. The van der Waals surface area contributed by atoms with Crippen molar-refractivity contribution >= 4 is 16.7 Å². The van der Waals surface area contributed by atoms with Gasteiger partial charge in [0.15, 0.2) is 22.8 Å². The molecule has 4 aromatic rings. The van der Waals surface area contributed by atoms with Crippen molar-refractivity contribution in [1.82, 2.24) is 9.88 Å². The average molecular weight is 460 g/mol. The van der Waals surface area contributed by atoms with E-state index in [-0.39, 0.29) is 0 Å². The Labute approximate surface area is 199 Å². The van der Waals surface area contributed by atoms with E-state index in [4.69, 9.17) is 18.6 Å². The molecule has 34 heavy (non-hydrogen) atoms. The first kappa shape index (κ1) is 22.1. The average Bonchev–Trinajstić information content (AvgIpc) is 3.33. The van der Waals surface area contributed by atoms with E-state index in [1.54, 1.807) is 33.7 Å². The number of methoxy groups -OCH3 is 3. The van der Waals surface area contributed by atoms with Crippen LogP contribution in [0.1, 0.15) is 5.56 Å². The number of benzene rings is 2. The fraction of sp³-hybridized carbons (Fsp3) is 0.296. The van der Waals surface area contributed by atoms with E-state index in [9.17, 15) is 0 Å². The molecular weight excluding hydrogens is 430 g/mol. The Hall–Kier alpha value is -3.71. The first-order chi connectivity index (χ1) is 16.7. The standard InChI is InChI=1S/C27H29N3O4/c1-31-23-5-4-22(17-25(23)32-2)30-12-10-29(11-13-30)18-19-14-21-16-24(20-6-8-28-9-7-20)34-27(21)26(15-19)33-3/h4-9,14-17H,10-13,18H2,1-3H3. The molecule has 2 aromatic carbocycles. The van der Waals surface area contributed by atoms with E-state index >= 15 is 0 Å². The second-order valence-electron chi connectivity index (χ2n) is 8.37. The summed E-state index contributed by atoms with van der Waals surface area (Å²) in [5.74, 6) is 3.09. The van der Waals surface area contributed by atoms with Gasteiger partial charge < -0.3 is 23.5 Å². The third kappa shape index (κ3) is 4.39. The fourth-order valence-electron chi connectivity index (χ4n) is 4.53. The van der Waals surface area contributed by atoms with E-state index in [2.05, 4.69) is 39.0 Å². The van der Waals surface area contributed by atoms with Gasteiger partial charge in [0.25, 0.3) is 0 Å². The smallest absolute Gasteiger partial charge is 0.176 e. The molecule has 0 N–H and O–H groups in total. The maximum atomic E-state index is 6.13. The first-order valence-corrected chi connectivity index (χ1v) is 11.4. The highest BCUT2D eigenvalue weighted by Crippen LogP contribution is 2.35. The largest absolute Gasteiger partial charge is 0.493 e. The number of hydrogen-bond acceptors (Lipinski definition) is 7. The number of piperazine rings is 1. The van der Waals surface area contributed by atoms with E-state index in [0.717, 1.165) is 78.0 Å². The second-order valence-corrected chi connectivity index (χ2v) is 8.37. The van der Waals surface area contributed by atoms with Crippen LogP contribution < -0.4 is 19.1 Å². The van der Waals surface area contributed by atoms with Gasteiger partial charge in [-0.25, -0.2) is 0 Å². The van der Waals surface area contributed by atoms with Gasteiger partial charge in [-0.2, -0.15) is 0 Å². The number of pyridine rings is 1. The summed E-state index contributed by atoms with van der Waals surface area (Å²) in [5, 5.41) is 1.05. The Balaban J connectivity index is 1.29. The Kier molecular flexibility index (Phi) is 6.27. The first-order valence-electron chi connectivity index (χ1n) is 11.4. The zero-order valence-corrected chi connectivity index (χ0v) is 19.8. The summed E-state index contributed by atoms with van der Waals surface area (Å²) in [6, 6.07) is 16.4. The third-order valence-electron chi connectivity index (χ3n) is 6.34. The molecule has 0 atom stereocenters. The molecule has 3 heterocycles. The lowest BCUT2D eigenvalue weighted by Crippen LogP contribution is -2.45. The number of ether oxygens (including phenoxy) is 3. The van der Waals surface area contributed by atoms with Gasteiger partial charge >= 0.3 is 0 Å². The number of anilines is 1. The highest BCUT2D eigenvalue weighted by molar-refractivity contribution is 5.88. The lowest BCUT2D eigenvalue weighted by atomic mass is 10.1. The molecule has 0 spiro atoms. The van der Waals surface area contributed by atoms with Crippen molar-refractivity contribution in [3.05, 3.63) is 66.5 Å². The summed E-state index contributed by atoms with van der Waals surface area (Å²) in [7, 11) is 5.02. The van der Waals surface area contributed by atoms with Gasteiger partial charge in [0, 0.05) is 67.8 Å². The summed E-state index contributed by atoms with van der Waals surface area (Å²) in [6.45, 7) is 4.71. The Morgan fingerprint density at radius 2 is 1.53 bits per heavy atom. The summed E-state index contributed by atoms with van der Waals surface area (Å²) in [5.41, 5.74) is 4.14. The predicted molar refractivity (Wildman–Crippen MR) is 133 cm³/mol. The van der Waals surface area contributed by atoms with Crippen molar-refractivity contribution < 1.29 is 18.6 Å². The van der Waals surface area contributed by atoms with Gasteiger partial charge in [0.1, 0.15) is 5.76 Å². The van der Waals surface area contributed by atoms with Gasteiger partial charge in [-0.1, -0.05) is 0 Å². The minimum Gasteiger partial charge on any atom is -0.493 e. The number of aromatic nitrogens is 1. The quantitative estimate of drug-likeness (QED) is 0.392. The van der Waals surface area contributed by atoms with Crippen LogP contribution in [0.25, 0.3) is 22.3 Å². The minimum atomic E-state index is 0.751. The molecule has 1 saturated heterocycles.